The molecule has 16 heavy (non-hydrogen) atoms. The standard InChI is InChI=1S/C12H13F2NO/c1-8-9(4-5-10(13)11(8)14)12(16)15-6-2-3-7-15/h4-5H,2-3,6-7H2,1H3. The molecule has 0 aromatic heterocycles. The van der Waals surface area contributed by atoms with Crippen molar-refractivity contribution >= 4 is 5.91 Å². The van der Waals surface area contributed by atoms with E-state index < -0.39 is 11.6 Å². The van der Waals surface area contributed by atoms with Gasteiger partial charge in [0.15, 0.2) is 11.6 Å². The molecule has 2 rings (SSSR count). The van der Waals surface area contributed by atoms with Crippen molar-refractivity contribution in [2.45, 2.75) is 19.8 Å². The minimum atomic E-state index is -0.926. The molecular formula is C12H13F2NO. The molecule has 2 nitrogen and oxygen atoms in total. The number of halogens is 2. The number of carbonyl (C=O) groups is 1. The van der Waals surface area contributed by atoms with Crippen molar-refractivity contribution < 1.29 is 13.6 Å². The summed E-state index contributed by atoms with van der Waals surface area (Å²) in [4.78, 5) is 13.6. The number of nitrogens with zero attached hydrogens (tertiary/aromatic N) is 1. The van der Waals surface area contributed by atoms with Gasteiger partial charge in [0, 0.05) is 24.2 Å². The van der Waals surface area contributed by atoms with Gasteiger partial charge in [-0.05, 0) is 31.9 Å². The third-order valence-corrected chi connectivity index (χ3v) is 2.96. The first-order valence-corrected chi connectivity index (χ1v) is 5.35. The lowest BCUT2D eigenvalue weighted by atomic mass is 10.1. The number of carbonyl (C=O) groups excluding carboxylic acids is 1. The van der Waals surface area contributed by atoms with Crippen molar-refractivity contribution in [2.75, 3.05) is 13.1 Å². The van der Waals surface area contributed by atoms with E-state index >= 15 is 0 Å². The van der Waals surface area contributed by atoms with E-state index in [1.165, 1.54) is 13.0 Å². The summed E-state index contributed by atoms with van der Waals surface area (Å²) in [5.41, 5.74) is 0.359. The topological polar surface area (TPSA) is 20.3 Å². The largest absolute Gasteiger partial charge is 0.339 e. The van der Waals surface area contributed by atoms with Crippen LogP contribution >= 0.6 is 0 Å². The molecule has 0 aliphatic carbocycles. The normalized spacial score (nSPS) is 15.6. The highest BCUT2D eigenvalue weighted by molar-refractivity contribution is 5.95. The Morgan fingerprint density at radius 1 is 1.25 bits per heavy atom. The van der Waals surface area contributed by atoms with Crippen LogP contribution in [0.25, 0.3) is 0 Å². The van der Waals surface area contributed by atoms with Crippen LogP contribution in [-0.2, 0) is 0 Å². The van der Waals surface area contributed by atoms with Gasteiger partial charge in [-0.3, -0.25) is 4.79 Å². The van der Waals surface area contributed by atoms with Crippen LogP contribution in [0.1, 0.15) is 28.8 Å². The Labute approximate surface area is 92.9 Å². The third-order valence-electron chi connectivity index (χ3n) is 2.96. The maximum Gasteiger partial charge on any atom is 0.254 e. The maximum absolute atomic E-state index is 13.3. The summed E-state index contributed by atoms with van der Waals surface area (Å²) in [7, 11) is 0. The fourth-order valence-electron chi connectivity index (χ4n) is 1.97. The highest BCUT2D eigenvalue weighted by Gasteiger charge is 2.22. The molecule has 4 heteroatoms. The quantitative estimate of drug-likeness (QED) is 0.719. The van der Waals surface area contributed by atoms with E-state index in [1.54, 1.807) is 4.90 Å². The Hall–Kier alpha value is -1.45. The van der Waals surface area contributed by atoms with E-state index in [1.807, 2.05) is 0 Å². The van der Waals surface area contributed by atoms with Crippen LogP contribution in [0.4, 0.5) is 8.78 Å². The molecule has 1 aliphatic heterocycles. The molecule has 0 unspecified atom stereocenters. The number of hydrogen-bond donors (Lipinski definition) is 0. The molecule has 0 atom stereocenters. The lowest BCUT2D eigenvalue weighted by Gasteiger charge is -2.16. The van der Waals surface area contributed by atoms with Gasteiger partial charge in [-0.1, -0.05) is 0 Å². The summed E-state index contributed by atoms with van der Waals surface area (Å²) in [6.07, 6.45) is 1.96. The van der Waals surface area contributed by atoms with E-state index in [0.717, 1.165) is 18.9 Å². The average molecular weight is 225 g/mol. The smallest absolute Gasteiger partial charge is 0.254 e. The molecule has 1 aromatic rings. The van der Waals surface area contributed by atoms with Gasteiger partial charge in [0.25, 0.3) is 5.91 Å². The number of rotatable bonds is 1. The van der Waals surface area contributed by atoms with E-state index in [0.29, 0.717) is 13.1 Å². The molecule has 1 aromatic carbocycles. The molecule has 0 bridgehead atoms. The second-order valence-corrected chi connectivity index (χ2v) is 4.03. The zero-order valence-corrected chi connectivity index (χ0v) is 9.09. The molecule has 1 aliphatic rings. The predicted octanol–water partition coefficient (Wildman–Crippen LogP) is 2.51. The van der Waals surface area contributed by atoms with Crippen molar-refractivity contribution in [3.8, 4) is 0 Å². The molecule has 0 N–H and O–H groups in total. The maximum atomic E-state index is 13.3. The summed E-state index contributed by atoms with van der Waals surface area (Å²) >= 11 is 0. The predicted molar refractivity (Wildman–Crippen MR) is 56.2 cm³/mol. The highest BCUT2D eigenvalue weighted by Crippen LogP contribution is 2.19. The summed E-state index contributed by atoms with van der Waals surface area (Å²) in [5.74, 6) is -2.03. The van der Waals surface area contributed by atoms with E-state index in [9.17, 15) is 13.6 Å². The second kappa shape index (κ2) is 4.20. The monoisotopic (exact) mass is 225 g/mol. The summed E-state index contributed by atoms with van der Waals surface area (Å²) in [6.45, 7) is 2.84. The van der Waals surface area contributed by atoms with Gasteiger partial charge >= 0.3 is 0 Å². The second-order valence-electron chi connectivity index (χ2n) is 4.03. The highest BCUT2D eigenvalue weighted by atomic mass is 19.2. The molecule has 1 fully saturated rings. The van der Waals surface area contributed by atoms with Gasteiger partial charge in [0.2, 0.25) is 0 Å². The number of benzene rings is 1. The molecular weight excluding hydrogens is 212 g/mol. The van der Waals surface area contributed by atoms with Crippen LogP contribution in [0.2, 0.25) is 0 Å². The molecule has 1 amide bonds. The van der Waals surface area contributed by atoms with E-state index in [4.69, 9.17) is 0 Å². The van der Waals surface area contributed by atoms with Crippen LogP contribution in [-0.4, -0.2) is 23.9 Å². The molecule has 0 spiro atoms. The Morgan fingerprint density at radius 2 is 1.88 bits per heavy atom. The van der Waals surface area contributed by atoms with Gasteiger partial charge in [-0.25, -0.2) is 8.78 Å². The van der Waals surface area contributed by atoms with Crippen LogP contribution in [0.3, 0.4) is 0 Å². The third kappa shape index (κ3) is 1.79. The van der Waals surface area contributed by atoms with E-state index in [2.05, 4.69) is 0 Å². The Balaban J connectivity index is 2.33. The lowest BCUT2D eigenvalue weighted by Crippen LogP contribution is -2.28. The van der Waals surface area contributed by atoms with Crippen molar-refractivity contribution in [3.63, 3.8) is 0 Å². The Kier molecular flexibility index (Phi) is 2.90. The zero-order chi connectivity index (χ0) is 11.7. The molecule has 86 valence electrons. The summed E-state index contributed by atoms with van der Waals surface area (Å²) < 4.78 is 26.2. The first-order valence-electron chi connectivity index (χ1n) is 5.35. The first kappa shape index (κ1) is 11.0. The van der Waals surface area contributed by atoms with Crippen LogP contribution < -0.4 is 0 Å². The Morgan fingerprint density at radius 3 is 2.50 bits per heavy atom. The lowest BCUT2D eigenvalue weighted by molar-refractivity contribution is 0.0791. The van der Waals surface area contributed by atoms with Crippen molar-refractivity contribution in [1.29, 1.82) is 0 Å². The van der Waals surface area contributed by atoms with Crippen LogP contribution in [0.5, 0.6) is 0 Å². The van der Waals surface area contributed by atoms with Crippen molar-refractivity contribution in [3.05, 3.63) is 34.9 Å². The van der Waals surface area contributed by atoms with Gasteiger partial charge in [-0.15, -0.1) is 0 Å². The number of hydrogen-bond acceptors (Lipinski definition) is 1. The summed E-state index contributed by atoms with van der Waals surface area (Å²) in [6, 6.07) is 2.36. The first-order chi connectivity index (χ1) is 7.61. The number of likely N-dealkylation sites (tertiary alicyclic amines) is 1. The van der Waals surface area contributed by atoms with Gasteiger partial charge in [-0.2, -0.15) is 0 Å². The van der Waals surface area contributed by atoms with Gasteiger partial charge in [0.05, 0.1) is 0 Å². The fraction of sp³-hybridized carbons (Fsp3) is 0.417. The van der Waals surface area contributed by atoms with Crippen LogP contribution in [0.15, 0.2) is 12.1 Å². The van der Waals surface area contributed by atoms with Gasteiger partial charge < -0.3 is 4.90 Å². The Bertz CT molecular complexity index is 425. The average Bonchev–Trinajstić information content (AvgIpc) is 2.79. The molecule has 1 saturated heterocycles. The van der Waals surface area contributed by atoms with Crippen molar-refractivity contribution in [1.82, 2.24) is 4.90 Å². The minimum absolute atomic E-state index is 0.0944. The molecule has 1 heterocycles. The zero-order valence-electron chi connectivity index (χ0n) is 9.09. The SMILES string of the molecule is Cc1c(C(=O)N2CCCC2)ccc(F)c1F. The molecule has 0 saturated carbocycles. The van der Waals surface area contributed by atoms with Gasteiger partial charge in [0.1, 0.15) is 0 Å². The van der Waals surface area contributed by atoms with Crippen LogP contribution in [0, 0.1) is 18.6 Å². The summed E-state index contributed by atoms with van der Waals surface area (Å²) in [5, 5.41) is 0. The van der Waals surface area contributed by atoms with Crippen molar-refractivity contribution in [2.24, 2.45) is 0 Å². The molecule has 0 radical (unpaired) electrons. The fourth-order valence-corrected chi connectivity index (χ4v) is 1.97. The number of amides is 1. The van der Waals surface area contributed by atoms with E-state index in [-0.39, 0.29) is 17.0 Å². The minimum Gasteiger partial charge on any atom is -0.339 e.